The fourth-order valence-corrected chi connectivity index (χ4v) is 5.13. The molecule has 2 aliphatic rings. The van der Waals surface area contributed by atoms with E-state index in [-0.39, 0.29) is 23.0 Å². The maximum atomic E-state index is 12.4. The van der Waals surface area contributed by atoms with Crippen LogP contribution >= 0.6 is 0 Å². The lowest BCUT2D eigenvalue weighted by atomic mass is 9.97. The summed E-state index contributed by atoms with van der Waals surface area (Å²) in [4.78, 5) is 24.7. The van der Waals surface area contributed by atoms with E-state index in [2.05, 4.69) is 0 Å². The van der Waals surface area contributed by atoms with Crippen LogP contribution in [0.2, 0.25) is 0 Å². The van der Waals surface area contributed by atoms with Crippen LogP contribution in [-0.4, -0.2) is 141 Å². The van der Waals surface area contributed by atoms with Crippen molar-refractivity contribution in [1.29, 1.82) is 0 Å². The Morgan fingerprint density at radius 2 is 1.24 bits per heavy atom. The van der Waals surface area contributed by atoms with Crippen LogP contribution in [0.1, 0.15) is 17.5 Å². The summed E-state index contributed by atoms with van der Waals surface area (Å²) in [5, 5.41) is 81.1. The minimum atomic E-state index is -1.80. The van der Waals surface area contributed by atoms with Gasteiger partial charge >= 0.3 is 0 Å². The number of aliphatic hydroxyl groups excluding tert-OH is 7. The molecule has 2 aliphatic heterocycles. The Hall–Kier alpha value is -3.94. The Balaban J connectivity index is 1.37. The number of phenols is 1. The molecule has 0 unspecified atom stereocenters. The van der Waals surface area contributed by atoms with Gasteiger partial charge in [0.05, 0.1) is 33.9 Å². The second kappa shape index (κ2) is 17.1. The molecule has 0 radical (unpaired) electrons. The van der Waals surface area contributed by atoms with Gasteiger partial charge in [-0.2, -0.15) is 0 Å². The van der Waals surface area contributed by atoms with Crippen LogP contribution in [0.25, 0.3) is 12.2 Å². The van der Waals surface area contributed by atoms with Crippen LogP contribution in [0.3, 0.4) is 0 Å². The quantitative estimate of drug-likeness (QED) is 0.0843. The summed E-state index contributed by atoms with van der Waals surface area (Å²) in [6, 6.07) is 9.02. The summed E-state index contributed by atoms with van der Waals surface area (Å²) >= 11 is 0. The van der Waals surface area contributed by atoms with Crippen molar-refractivity contribution >= 4 is 23.7 Å². The molecule has 49 heavy (non-hydrogen) atoms. The van der Waals surface area contributed by atoms with Gasteiger partial charge in [0.1, 0.15) is 48.8 Å². The van der Waals surface area contributed by atoms with Gasteiger partial charge in [-0.3, -0.25) is 9.59 Å². The SMILES string of the molecule is COc1cc(/C=C/C(=O)CC(=O)/C=C/c2ccc(O[C@H]3O[C@H](CO)[C@@H](O[C@H]4O[C@H](CO)[C@@H](O)[C@H](O)[C@H]4O)[C@H](O)[C@H]3O)c(OC)c2)ccc1O. The number of aliphatic hydroxyl groups is 7. The Morgan fingerprint density at radius 3 is 1.84 bits per heavy atom. The van der Waals surface area contributed by atoms with E-state index in [1.54, 1.807) is 12.1 Å². The lowest BCUT2D eigenvalue weighted by Gasteiger charge is -2.45. The molecule has 0 aliphatic carbocycles. The van der Waals surface area contributed by atoms with E-state index in [9.17, 15) is 50.4 Å². The maximum Gasteiger partial charge on any atom is 0.229 e. The molecule has 8 N–H and O–H groups in total. The smallest absolute Gasteiger partial charge is 0.229 e. The summed E-state index contributed by atoms with van der Waals surface area (Å²) in [6.07, 6.45) is -11.1. The zero-order valence-electron chi connectivity index (χ0n) is 26.5. The van der Waals surface area contributed by atoms with Gasteiger partial charge in [-0.25, -0.2) is 0 Å². The number of hydrogen-bond donors (Lipinski definition) is 8. The van der Waals surface area contributed by atoms with Gasteiger partial charge in [0.25, 0.3) is 0 Å². The van der Waals surface area contributed by atoms with Crippen LogP contribution in [0, 0.1) is 0 Å². The fraction of sp³-hybridized carbons (Fsp3) is 0.455. The lowest BCUT2D eigenvalue weighted by Crippen LogP contribution is -2.65. The molecule has 4 rings (SSSR count). The predicted molar refractivity (Wildman–Crippen MR) is 167 cm³/mol. The molecule has 16 nitrogen and oxygen atoms in total. The van der Waals surface area contributed by atoms with E-state index < -0.39 is 92.6 Å². The average molecular weight is 693 g/mol. The molecular formula is C33H40O16. The monoisotopic (exact) mass is 692 g/mol. The van der Waals surface area contributed by atoms with E-state index in [0.29, 0.717) is 11.1 Å². The molecule has 0 spiro atoms. The minimum absolute atomic E-state index is 0.0483. The average Bonchev–Trinajstić information content (AvgIpc) is 3.10. The Morgan fingerprint density at radius 1 is 0.694 bits per heavy atom. The van der Waals surface area contributed by atoms with Crippen molar-refractivity contribution in [3.05, 3.63) is 59.7 Å². The van der Waals surface area contributed by atoms with Crippen LogP contribution in [0.15, 0.2) is 48.6 Å². The summed E-state index contributed by atoms with van der Waals surface area (Å²) < 4.78 is 32.7. The first-order valence-corrected chi connectivity index (χ1v) is 15.1. The standard InChI is InChI=1S/C33H40O16/c1-44-22-11-16(5-9-20(22)38)3-7-18(36)13-19(37)8-4-17-6-10-21(23(12-17)45-2)46-32-30(43)28(41)31(25(15-35)48-32)49-33-29(42)27(40)26(39)24(14-34)47-33/h3-12,24-35,38-43H,13-15H2,1-2H3/b7-3+,8-4+/t24-,25-,26-,27+,28-,29-,30-,31-,32+,33-/m1/s1. The fourth-order valence-electron chi connectivity index (χ4n) is 5.13. The topological polar surface area (TPSA) is 251 Å². The molecular weight excluding hydrogens is 652 g/mol. The third-order valence-corrected chi connectivity index (χ3v) is 7.87. The van der Waals surface area contributed by atoms with Gasteiger partial charge in [-0.15, -0.1) is 0 Å². The van der Waals surface area contributed by atoms with Crippen LogP contribution in [0.4, 0.5) is 0 Å². The lowest BCUT2D eigenvalue weighted by molar-refractivity contribution is -0.352. The Bertz CT molecular complexity index is 1490. The highest BCUT2D eigenvalue weighted by atomic mass is 16.7. The highest BCUT2D eigenvalue weighted by Gasteiger charge is 2.51. The van der Waals surface area contributed by atoms with Gasteiger partial charge in [0.2, 0.25) is 6.29 Å². The second-order valence-corrected chi connectivity index (χ2v) is 11.2. The number of methoxy groups -OCH3 is 2. The molecule has 268 valence electrons. The number of carbonyl (C=O) groups excluding carboxylic acids is 2. The predicted octanol–water partition coefficient (Wildman–Crippen LogP) is -1.33. The van der Waals surface area contributed by atoms with Crippen molar-refractivity contribution in [2.24, 2.45) is 0 Å². The largest absolute Gasteiger partial charge is 0.504 e. The molecule has 0 amide bonds. The minimum Gasteiger partial charge on any atom is -0.504 e. The number of hydrogen-bond acceptors (Lipinski definition) is 16. The number of ether oxygens (including phenoxy) is 6. The highest BCUT2D eigenvalue weighted by Crippen LogP contribution is 2.34. The van der Waals surface area contributed by atoms with Crippen LogP contribution in [-0.2, 0) is 23.8 Å². The van der Waals surface area contributed by atoms with Gasteiger partial charge in [0.15, 0.2) is 40.9 Å². The molecule has 2 aromatic carbocycles. The van der Waals surface area contributed by atoms with Crippen LogP contribution < -0.4 is 14.2 Å². The second-order valence-electron chi connectivity index (χ2n) is 11.2. The van der Waals surface area contributed by atoms with Crippen LogP contribution in [0.5, 0.6) is 23.0 Å². The first-order valence-electron chi connectivity index (χ1n) is 15.1. The number of phenolic OH excluding ortho intramolecular Hbond substituents is 1. The number of carbonyl (C=O) groups is 2. The first kappa shape index (κ1) is 37.9. The number of benzene rings is 2. The Kier molecular flexibility index (Phi) is 13.2. The van der Waals surface area contributed by atoms with E-state index in [1.807, 2.05) is 0 Å². The Labute approximate surface area is 280 Å². The maximum absolute atomic E-state index is 12.4. The number of rotatable bonds is 14. The molecule has 0 aromatic heterocycles. The molecule has 10 atom stereocenters. The molecule has 2 fully saturated rings. The van der Waals surface area contributed by atoms with Crippen molar-refractivity contribution in [2.75, 3.05) is 27.4 Å². The zero-order valence-corrected chi connectivity index (χ0v) is 26.5. The molecule has 0 saturated carbocycles. The number of ketones is 2. The first-order chi connectivity index (χ1) is 23.4. The molecule has 16 heteroatoms. The van der Waals surface area contributed by atoms with Crippen molar-refractivity contribution in [1.82, 2.24) is 0 Å². The van der Waals surface area contributed by atoms with Crippen molar-refractivity contribution < 1.29 is 78.9 Å². The summed E-state index contributed by atoms with van der Waals surface area (Å²) in [5.41, 5.74) is 1.08. The third-order valence-electron chi connectivity index (χ3n) is 7.87. The molecule has 2 heterocycles. The van der Waals surface area contributed by atoms with E-state index in [4.69, 9.17) is 28.4 Å². The van der Waals surface area contributed by atoms with Gasteiger partial charge in [-0.05, 0) is 47.5 Å². The van der Waals surface area contributed by atoms with Crippen molar-refractivity contribution in [3.63, 3.8) is 0 Å². The van der Waals surface area contributed by atoms with Crippen molar-refractivity contribution in [3.8, 4) is 23.0 Å². The zero-order chi connectivity index (χ0) is 35.8. The van der Waals surface area contributed by atoms with E-state index in [1.165, 1.54) is 62.8 Å². The molecule has 0 bridgehead atoms. The number of allylic oxidation sites excluding steroid dienone is 2. The summed E-state index contributed by atoms with van der Waals surface area (Å²) in [7, 11) is 2.73. The molecule has 2 saturated heterocycles. The van der Waals surface area contributed by atoms with Gasteiger partial charge < -0.3 is 69.3 Å². The van der Waals surface area contributed by atoms with Crippen molar-refractivity contribution in [2.45, 2.75) is 67.8 Å². The third kappa shape index (κ3) is 9.20. The number of aromatic hydroxyl groups is 1. The van der Waals surface area contributed by atoms with Gasteiger partial charge in [0, 0.05) is 0 Å². The summed E-state index contributed by atoms with van der Waals surface area (Å²) in [6.45, 7) is -1.47. The molecule has 2 aromatic rings. The normalized spacial score (nSPS) is 30.4. The highest BCUT2D eigenvalue weighted by molar-refractivity contribution is 6.10. The van der Waals surface area contributed by atoms with E-state index in [0.717, 1.165) is 0 Å². The van der Waals surface area contributed by atoms with Gasteiger partial charge in [-0.1, -0.05) is 24.3 Å². The van der Waals surface area contributed by atoms with E-state index >= 15 is 0 Å². The summed E-state index contributed by atoms with van der Waals surface area (Å²) in [5.74, 6) is -0.531.